The first-order chi connectivity index (χ1) is 24.7. The van der Waals surface area contributed by atoms with Crippen molar-refractivity contribution in [3.63, 3.8) is 0 Å². The fourth-order valence-corrected chi connectivity index (χ4v) is 6.06. The van der Waals surface area contributed by atoms with Crippen LogP contribution in [0.2, 0.25) is 0 Å². The lowest BCUT2D eigenvalue weighted by Gasteiger charge is -2.11. The van der Waals surface area contributed by atoms with Gasteiger partial charge in [0.1, 0.15) is 11.5 Å². The monoisotopic (exact) mass is 679 g/mol. The summed E-state index contributed by atoms with van der Waals surface area (Å²) in [4.78, 5) is 4.91. The summed E-state index contributed by atoms with van der Waals surface area (Å²) in [5, 5.41) is 9.10. The fraction of sp³-hybridized carbons (Fsp3) is 0.558. The van der Waals surface area contributed by atoms with Gasteiger partial charge in [0.25, 0.3) is 0 Å². The first kappa shape index (κ1) is 38.7. The Morgan fingerprint density at radius 1 is 0.620 bits per heavy atom. The molecule has 0 radical (unpaired) electrons. The quantitative estimate of drug-likeness (QED) is 0.0515. The van der Waals surface area contributed by atoms with Gasteiger partial charge < -0.3 is 9.47 Å². The number of benzene rings is 1. The van der Waals surface area contributed by atoms with E-state index < -0.39 is 0 Å². The van der Waals surface area contributed by atoms with Gasteiger partial charge in [0.15, 0.2) is 11.6 Å². The number of unbranched alkanes of at least 4 members (excludes halogenated alkanes) is 15. The predicted octanol–water partition coefficient (Wildman–Crippen LogP) is 11.2. The third-order valence-corrected chi connectivity index (χ3v) is 9.05. The van der Waals surface area contributed by atoms with Crippen LogP contribution in [-0.4, -0.2) is 37.8 Å². The summed E-state index contributed by atoms with van der Waals surface area (Å²) >= 11 is 0. The molecule has 0 aliphatic rings. The van der Waals surface area contributed by atoms with Gasteiger partial charge in [0.2, 0.25) is 0 Å². The van der Waals surface area contributed by atoms with Crippen molar-refractivity contribution < 1.29 is 9.47 Å². The lowest BCUT2D eigenvalue weighted by molar-refractivity contribution is 0.295. The van der Waals surface area contributed by atoms with Crippen molar-refractivity contribution in [3.8, 4) is 35.0 Å². The average Bonchev–Trinajstić information content (AvgIpc) is 3.86. The van der Waals surface area contributed by atoms with Gasteiger partial charge in [-0.2, -0.15) is 10.2 Å². The first-order valence-electron chi connectivity index (χ1n) is 19.7. The van der Waals surface area contributed by atoms with E-state index in [0.717, 1.165) is 66.6 Å². The van der Waals surface area contributed by atoms with Crippen LogP contribution in [0.3, 0.4) is 0 Å². The van der Waals surface area contributed by atoms with Crippen molar-refractivity contribution in [1.82, 2.24) is 24.5 Å². The second-order valence-corrected chi connectivity index (χ2v) is 13.5. The molecule has 0 atom stereocenters. The van der Waals surface area contributed by atoms with E-state index in [1.807, 2.05) is 46.0 Å². The molecule has 0 saturated carbocycles. The molecule has 4 aromatic rings. The molecule has 7 nitrogen and oxygen atoms in total. The van der Waals surface area contributed by atoms with Crippen LogP contribution in [0.5, 0.6) is 11.5 Å². The number of rotatable bonds is 25. The van der Waals surface area contributed by atoms with E-state index in [1.54, 1.807) is 12.4 Å². The van der Waals surface area contributed by atoms with Gasteiger partial charge in [-0.05, 0) is 67.6 Å². The second-order valence-electron chi connectivity index (χ2n) is 13.5. The smallest absolute Gasteiger partial charge is 0.156 e. The van der Waals surface area contributed by atoms with Crippen LogP contribution in [0.1, 0.15) is 153 Å². The zero-order valence-corrected chi connectivity index (χ0v) is 31.2. The molecule has 0 spiro atoms. The van der Waals surface area contributed by atoms with Crippen LogP contribution < -0.4 is 9.47 Å². The van der Waals surface area contributed by atoms with E-state index in [4.69, 9.17) is 14.5 Å². The zero-order valence-electron chi connectivity index (χ0n) is 31.2. The second kappa shape index (κ2) is 23.4. The summed E-state index contributed by atoms with van der Waals surface area (Å²) in [6.07, 6.45) is 30.9. The molecule has 0 saturated heterocycles. The Balaban J connectivity index is 1.46. The largest absolute Gasteiger partial charge is 0.494 e. The Kier molecular flexibility index (Phi) is 18.1. The van der Waals surface area contributed by atoms with Crippen LogP contribution in [0.15, 0.2) is 61.2 Å². The molecule has 3 aromatic heterocycles. The Bertz CT molecular complexity index is 1550. The number of aryl methyl sites for hydroxylation is 1. The molecule has 3 heterocycles. The molecule has 0 bridgehead atoms. The number of hydrogen-bond acceptors (Lipinski definition) is 5. The normalized spacial score (nSPS) is 11.0. The third-order valence-electron chi connectivity index (χ3n) is 9.05. The van der Waals surface area contributed by atoms with E-state index in [2.05, 4.69) is 54.9 Å². The molecule has 0 fully saturated rings. The highest BCUT2D eigenvalue weighted by molar-refractivity contribution is 5.52. The predicted molar refractivity (Wildman–Crippen MR) is 206 cm³/mol. The minimum absolute atomic E-state index is 0.691. The topological polar surface area (TPSA) is 67.0 Å². The Hall–Kier alpha value is -4.05. The van der Waals surface area contributed by atoms with Gasteiger partial charge in [-0.3, -0.25) is 0 Å². The van der Waals surface area contributed by atoms with Crippen LogP contribution in [0.4, 0.5) is 0 Å². The van der Waals surface area contributed by atoms with Crippen molar-refractivity contribution in [3.05, 3.63) is 77.9 Å². The van der Waals surface area contributed by atoms with Gasteiger partial charge in [0, 0.05) is 18.6 Å². The molecule has 50 heavy (non-hydrogen) atoms. The minimum atomic E-state index is 0.691. The summed E-state index contributed by atoms with van der Waals surface area (Å²) in [5.74, 6) is 9.92. The van der Waals surface area contributed by atoms with E-state index in [0.29, 0.717) is 6.61 Å². The van der Waals surface area contributed by atoms with Gasteiger partial charge >= 0.3 is 0 Å². The van der Waals surface area contributed by atoms with Crippen LogP contribution in [0, 0.1) is 11.8 Å². The van der Waals surface area contributed by atoms with Gasteiger partial charge in [-0.1, -0.05) is 129 Å². The molecule has 0 aliphatic carbocycles. The number of nitrogens with zero attached hydrogens (tertiary/aromatic N) is 5. The van der Waals surface area contributed by atoms with E-state index in [1.165, 1.54) is 102 Å². The summed E-state index contributed by atoms with van der Waals surface area (Å²) < 4.78 is 16.0. The standard InChI is InChI=1S/C43H61N5O2/c1-4-7-10-13-16-19-23-37-32-42(47-29-22-28-44-47)46-43(33-37)48-36-38(35-45-48)24-25-39-34-40(49-30-20-17-14-11-8-5-2)26-27-41(39)50-31-21-18-15-12-9-6-3/h22,26-29,32-36H,4-21,23,30-31H2,1-3H3. The maximum Gasteiger partial charge on any atom is 0.156 e. The molecule has 0 amide bonds. The van der Waals surface area contributed by atoms with Crippen molar-refractivity contribution in [2.24, 2.45) is 0 Å². The molecule has 0 aliphatic heterocycles. The molecule has 0 unspecified atom stereocenters. The summed E-state index contributed by atoms with van der Waals surface area (Å²) in [7, 11) is 0. The fourth-order valence-electron chi connectivity index (χ4n) is 6.06. The Morgan fingerprint density at radius 2 is 1.24 bits per heavy atom. The first-order valence-corrected chi connectivity index (χ1v) is 19.7. The summed E-state index contributed by atoms with van der Waals surface area (Å²) in [6, 6.07) is 12.2. The maximum absolute atomic E-state index is 6.27. The molecular formula is C43H61N5O2. The molecule has 4 rings (SSSR count). The molecule has 7 heteroatoms. The summed E-state index contributed by atoms with van der Waals surface area (Å²) in [5.41, 5.74) is 2.89. The Morgan fingerprint density at radius 3 is 1.90 bits per heavy atom. The molecular weight excluding hydrogens is 619 g/mol. The van der Waals surface area contributed by atoms with Crippen molar-refractivity contribution in [1.29, 1.82) is 0 Å². The van der Waals surface area contributed by atoms with Crippen molar-refractivity contribution in [2.45, 2.75) is 143 Å². The van der Waals surface area contributed by atoms with E-state index in [9.17, 15) is 0 Å². The van der Waals surface area contributed by atoms with Crippen LogP contribution in [-0.2, 0) is 6.42 Å². The van der Waals surface area contributed by atoms with E-state index >= 15 is 0 Å². The molecule has 1 aromatic carbocycles. The SMILES string of the molecule is CCCCCCCCOc1ccc(OCCCCCCCC)c(C#Cc2cnn(-c3cc(CCCCCCCC)cc(-n4cccn4)n3)c2)c1. The average molecular weight is 680 g/mol. The van der Waals surface area contributed by atoms with Crippen molar-refractivity contribution in [2.75, 3.05) is 13.2 Å². The summed E-state index contributed by atoms with van der Waals surface area (Å²) in [6.45, 7) is 8.17. The van der Waals surface area contributed by atoms with Crippen molar-refractivity contribution >= 4 is 0 Å². The van der Waals surface area contributed by atoms with Crippen LogP contribution >= 0.6 is 0 Å². The highest BCUT2D eigenvalue weighted by atomic mass is 16.5. The highest BCUT2D eigenvalue weighted by Gasteiger charge is 2.10. The number of aromatic nitrogens is 5. The molecule has 0 N–H and O–H groups in total. The third kappa shape index (κ3) is 14.1. The lowest BCUT2D eigenvalue weighted by atomic mass is 10.1. The van der Waals surface area contributed by atoms with Gasteiger partial charge in [-0.15, -0.1) is 0 Å². The van der Waals surface area contributed by atoms with Gasteiger partial charge in [-0.25, -0.2) is 14.3 Å². The minimum Gasteiger partial charge on any atom is -0.494 e. The molecule has 270 valence electrons. The number of pyridine rings is 1. The maximum atomic E-state index is 6.27. The lowest BCUT2D eigenvalue weighted by Crippen LogP contribution is -2.06. The van der Waals surface area contributed by atoms with Crippen LogP contribution in [0.25, 0.3) is 11.6 Å². The number of ether oxygens (including phenoxy) is 2. The highest BCUT2D eigenvalue weighted by Crippen LogP contribution is 2.25. The number of hydrogen-bond donors (Lipinski definition) is 0. The zero-order chi connectivity index (χ0) is 35.1. The van der Waals surface area contributed by atoms with E-state index in [-0.39, 0.29) is 0 Å². The Labute approximate surface area is 302 Å². The van der Waals surface area contributed by atoms with Gasteiger partial charge in [0.05, 0.1) is 30.5 Å².